The Morgan fingerprint density at radius 1 is 0.875 bits per heavy atom. The molecule has 0 aliphatic carbocycles. The smallest absolute Gasteiger partial charge is 0.223 e. The zero-order chi connectivity index (χ0) is 17.0. The lowest BCUT2D eigenvalue weighted by Crippen LogP contribution is -2.30. The van der Waals surface area contributed by atoms with Gasteiger partial charge in [-0.05, 0) is 11.6 Å². The minimum Gasteiger partial charge on any atom is -0.496 e. The number of nitrogens with zero attached hydrogens (tertiary/aromatic N) is 2. The quantitative estimate of drug-likeness (QED) is 0.782. The number of ether oxygens (including phenoxy) is 2. The summed E-state index contributed by atoms with van der Waals surface area (Å²) in [5, 5.41) is 11.8. The van der Waals surface area contributed by atoms with E-state index in [1.165, 1.54) is 13.4 Å². The van der Waals surface area contributed by atoms with Crippen LogP contribution in [0, 0.1) is 0 Å². The minimum absolute atomic E-state index is 0.308. The van der Waals surface area contributed by atoms with Gasteiger partial charge in [-0.15, -0.1) is 0 Å². The average Bonchev–Trinajstić information content (AvgIpc) is 2.68. The van der Waals surface area contributed by atoms with E-state index >= 15 is 0 Å². The molecule has 3 aromatic rings. The number of benzene rings is 2. The van der Waals surface area contributed by atoms with Crippen molar-refractivity contribution in [1.82, 2.24) is 9.97 Å². The predicted molar refractivity (Wildman–Crippen MR) is 90.1 cm³/mol. The second kappa shape index (κ2) is 6.68. The van der Waals surface area contributed by atoms with Crippen LogP contribution in [0.1, 0.15) is 16.7 Å². The number of rotatable bonds is 5. The summed E-state index contributed by atoms with van der Waals surface area (Å²) in [7, 11) is 3.09. The van der Waals surface area contributed by atoms with E-state index in [0.717, 1.165) is 0 Å². The van der Waals surface area contributed by atoms with Crippen molar-refractivity contribution in [3.05, 3.63) is 83.8 Å². The molecule has 0 saturated heterocycles. The monoisotopic (exact) mass is 322 g/mol. The Morgan fingerprint density at radius 2 is 1.58 bits per heavy atom. The molecular weight excluding hydrogens is 304 g/mol. The molecule has 5 nitrogen and oxygen atoms in total. The maximum atomic E-state index is 11.8. The molecule has 3 rings (SSSR count). The van der Waals surface area contributed by atoms with Crippen molar-refractivity contribution in [2.75, 3.05) is 14.2 Å². The van der Waals surface area contributed by atoms with E-state index in [2.05, 4.69) is 9.97 Å². The van der Waals surface area contributed by atoms with Crippen LogP contribution in [0.4, 0.5) is 0 Å². The molecule has 0 fully saturated rings. The molecule has 24 heavy (non-hydrogen) atoms. The van der Waals surface area contributed by atoms with Gasteiger partial charge in [0.15, 0.2) is 5.60 Å². The Morgan fingerprint density at radius 3 is 2.29 bits per heavy atom. The van der Waals surface area contributed by atoms with Gasteiger partial charge in [-0.1, -0.05) is 48.5 Å². The topological polar surface area (TPSA) is 64.5 Å². The van der Waals surface area contributed by atoms with Gasteiger partial charge in [0, 0.05) is 11.8 Å². The number of hydrogen-bond acceptors (Lipinski definition) is 5. The highest BCUT2D eigenvalue weighted by Gasteiger charge is 2.39. The van der Waals surface area contributed by atoms with Crippen molar-refractivity contribution in [2.45, 2.75) is 5.60 Å². The van der Waals surface area contributed by atoms with Crippen LogP contribution >= 0.6 is 0 Å². The number of para-hydroxylation sites is 1. The Hall–Kier alpha value is -2.92. The van der Waals surface area contributed by atoms with Gasteiger partial charge in [-0.3, -0.25) is 0 Å². The van der Waals surface area contributed by atoms with Gasteiger partial charge in [-0.25, -0.2) is 9.97 Å². The molecule has 1 heterocycles. The van der Waals surface area contributed by atoms with Gasteiger partial charge in [0.05, 0.1) is 19.8 Å². The van der Waals surface area contributed by atoms with E-state index in [0.29, 0.717) is 28.3 Å². The first-order valence-corrected chi connectivity index (χ1v) is 7.47. The van der Waals surface area contributed by atoms with E-state index in [1.54, 1.807) is 19.4 Å². The van der Waals surface area contributed by atoms with E-state index < -0.39 is 5.60 Å². The van der Waals surface area contributed by atoms with Crippen molar-refractivity contribution >= 4 is 0 Å². The summed E-state index contributed by atoms with van der Waals surface area (Å²) in [6.07, 6.45) is 2.95. The van der Waals surface area contributed by atoms with Crippen LogP contribution in [0.5, 0.6) is 11.6 Å². The summed E-state index contributed by atoms with van der Waals surface area (Å²) in [5.74, 6) is 0.872. The summed E-state index contributed by atoms with van der Waals surface area (Å²) >= 11 is 0. The van der Waals surface area contributed by atoms with Crippen molar-refractivity contribution in [3.8, 4) is 11.6 Å². The first-order valence-electron chi connectivity index (χ1n) is 7.47. The van der Waals surface area contributed by atoms with Crippen LogP contribution in [0.3, 0.4) is 0 Å². The molecule has 122 valence electrons. The van der Waals surface area contributed by atoms with Crippen molar-refractivity contribution in [2.24, 2.45) is 0 Å². The van der Waals surface area contributed by atoms with Crippen molar-refractivity contribution in [1.29, 1.82) is 0 Å². The van der Waals surface area contributed by atoms with Crippen LogP contribution in [-0.4, -0.2) is 29.3 Å². The number of aliphatic hydroxyl groups is 1. The van der Waals surface area contributed by atoms with Crippen LogP contribution in [0.2, 0.25) is 0 Å². The van der Waals surface area contributed by atoms with Gasteiger partial charge in [0.1, 0.15) is 12.1 Å². The fourth-order valence-corrected chi connectivity index (χ4v) is 2.81. The molecule has 0 spiro atoms. The summed E-state index contributed by atoms with van der Waals surface area (Å²) in [5.41, 5.74) is 0.193. The minimum atomic E-state index is -1.51. The second-order valence-electron chi connectivity index (χ2n) is 5.22. The maximum Gasteiger partial charge on any atom is 0.223 e. The van der Waals surface area contributed by atoms with E-state index in [-0.39, 0.29) is 0 Å². The molecule has 2 aromatic carbocycles. The lowest BCUT2D eigenvalue weighted by Gasteiger charge is -2.31. The highest BCUT2D eigenvalue weighted by Crippen LogP contribution is 2.43. The average molecular weight is 322 g/mol. The maximum absolute atomic E-state index is 11.8. The molecular formula is C19H18N2O3. The summed E-state index contributed by atoms with van der Waals surface area (Å²) in [4.78, 5) is 8.21. The van der Waals surface area contributed by atoms with Gasteiger partial charge >= 0.3 is 0 Å². The fourth-order valence-electron chi connectivity index (χ4n) is 2.81. The number of methoxy groups -OCH3 is 2. The zero-order valence-electron chi connectivity index (χ0n) is 13.5. The van der Waals surface area contributed by atoms with E-state index in [4.69, 9.17) is 9.47 Å². The lowest BCUT2D eigenvalue weighted by atomic mass is 9.81. The highest BCUT2D eigenvalue weighted by molar-refractivity contribution is 5.54. The lowest BCUT2D eigenvalue weighted by molar-refractivity contribution is 0.117. The standard InChI is InChI=1S/C19H18N2O3/c1-23-17-11-7-6-10-15(17)19(22,14-8-4-3-5-9-14)16-12-20-13-21-18(16)24-2/h3-13,22H,1-2H3/t19-/m1/s1. The third kappa shape index (κ3) is 2.59. The van der Waals surface area contributed by atoms with Crippen LogP contribution < -0.4 is 9.47 Å². The SMILES string of the molecule is COc1ccccc1[C@](O)(c1ccccc1)c1cncnc1OC. The van der Waals surface area contributed by atoms with Crippen LogP contribution in [0.15, 0.2) is 67.1 Å². The van der Waals surface area contributed by atoms with Gasteiger partial charge in [0.25, 0.3) is 0 Å². The molecule has 0 radical (unpaired) electrons. The second-order valence-corrected chi connectivity index (χ2v) is 5.22. The summed E-state index contributed by atoms with van der Waals surface area (Å²) in [6, 6.07) is 16.6. The molecule has 0 unspecified atom stereocenters. The number of hydrogen-bond donors (Lipinski definition) is 1. The van der Waals surface area contributed by atoms with Gasteiger partial charge < -0.3 is 14.6 Å². The molecule has 0 saturated carbocycles. The van der Waals surface area contributed by atoms with E-state index in [9.17, 15) is 5.11 Å². The molecule has 1 aromatic heterocycles. The zero-order valence-corrected chi connectivity index (χ0v) is 13.5. The molecule has 0 aliphatic heterocycles. The summed E-state index contributed by atoms with van der Waals surface area (Å²) in [6.45, 7) is 0. The first kappa shape index (κ1) is 16.0. The Balaban J connectivity index is 2.34. The van der Waals surface area contributed by atoms with Gasteiger partial charge in [0.2, 0.25) is 5.88 Å². The van der Waals surface area contributed by atoms with Crippen molar-refractivity contribution in [3.63, 3.8) is 0 Å². The Labute approximate surface area is 140 Å². The Kier molecular flexibility index (Phi) is 4.44. The molecule has 1 N–H and O–H groups in total. The normalized spacial score (nSPS) is 13.1. The van der Waals surface area contributed by atoms with E-state index in [1.807, 2.05) is 48.5 Å². The first-order chi connectivity index (χ1) is 11.7. The molecule has 0 amide bonds. The molecule has 5 heteroatoms. The largest absolute Gasteiger partial charge is 0.496 e. The molecule has 0 bridgehead atoms. The van der Waals surface area contributed by atoms with Crippen LogP contribution in [0.25, 0.3) is 0 Å². The van der Waals surface area contributed by atoms with Gasteiger partial charge in [-0.2, -0.15) is 0 Å². The number of aromatic nitrogens is 2. The highest BCUT2D eigenvalue weighted by atomic mass is 16.5. The van der Waals surface area contributed by atoms with Crippen molar-refractivity contribution < 1.29 is 14.6 Å². The third-order valence-corrected chi connectivity index (χ3v) is 3.95. The molecule has 0 aliphatic rings. The molecule has 1 atom stereocenters. The predicted octanol–water partition coefficient (Wildman–Crippen LogP) is 2.78. The summed E-state index contributed by atoms with van der Waals surface area (Å²) < 4.78 is 10.8. The third-order valence-electron chi connectivity index (χ3n) is 3.95. The fraction of sp³-hybridized carbons (Fsp3) is 0.158. The Bertz CT molecular complexity index is 774. The van der Waals surface area contributed by atoms with Crippen LogP contribution in [-0.2, 0) is 5.60 Å².